The fourth-order valence-electron chi connectivity index (χ4n) is 2.60. The number of aromatic hydroxyl groups is 1. The van der Waals surface area contributed by atoms with Crippen molar-refractivity contribution >= 4 is 17.6 Å². The molecule has 0 spiro atoms. The third kappa shape index (κ3) is 4.16. The second kappa shape index (κ2) is 8.10. The Bertz CT molecular complexity index is 836. The summed E-state index contributed by atoms with van der Waals surface area (Å²) in [5, 5.41) is 20.0. The summed E-state index contributed by atoms with van der Waals surface area (Å²) in [6.07, 6.45) is 0. The summed E-state index contributed by atoms with van der Waals surface area (Å²) in [5.41, 5.74) is 3.56. The largest absolute Gasteiger partial charge is 0.505 e. The minimum atomic E-state index is -0.187. The minimum absolute atomic E-state index is 0.127. The summed E-state index contributed by atoms with van der Waals surface area (Å²) in [7, 11) is 0. The fourth-order valence-corrected chi connectivity index (χ4v) is 3.65. The van der Waals surface area contributed by atoms with Gasteiger partial charge in [-0.05, 0) is 42.1 Å². The molecule has 3 aromatic carbocycles. The van der Waals surface area contributed by atoms with Gasteiger partial charge in [-0.25, -0.2) is 0 Å². The van der Waals surface area contributed by atoms with Gasteiger partial charge >= 0.3 is 0 Å². The van der Waals surface area contributed by atoms with Gasteiger partial charge in [0.05, 0.1) is 18.8 Å². The molecule has 3 nitrogen and oxygen atoms in total. The lowest BCUT2D eigenvalue weighted by Gasteiger charge is -2.25. The number of hydrogen-bond donors (Lipinski definition) is 2. The quantitative estimate of drug-likeness (QED) is 0.620. The SMILES string of the molecule is Cc1ccccc1SN(Cc1ccccc1)c1cccc(CO)c1O. The van der Waals surface area contributed by atoms with Crippen LogP contribution in [-0.4, -0.2) is 10.2 Å². The molecule has 0 heterocycles. The van der Waals surface area contributed by atoms with E-state index in [2.05, 4.69) is 35.5 Å². The topological polar surface area (TPSA) is 43.7 Å². The number of nitrogens with zero attached hydrogens (tertiary/aromatic N) is 1. The maximum absolute atomic E-state index is 10.6. The molecule has 0 aliphatic rings. The molecule has 0 amide bonds. The molecule has 0 bridgehead atoms. The fraction of sp³-hybridized carbons (Fsp3) is 0.143. The minimum Gasteiger partial charge on any atom is -0.505 e. The van der Waals surface area contributed by atoms with Gasteiger partial charge in [0.25, 0.3) is 0 Å². The summed E-state index contributed by atoms with van der Waals surface area (Å²) in [4.78, 5) is 1.13. The Morgan fingerprint density at radius 1 is 0.880 bits per heavy atom. The van der Waals surface area contributed by atoms with E-state index in [-0.39, 0.29) is 12.4 Å². The Balaban J connectivity index is 1.98. The van der Waals surface area contributed by atoms with Crippen molar-refractivity contribution in [2.75, 3.05) is 4.31 Å². The monoisotopic (exact) mass is 351 g/mol. The molecule has 0 radical (unpaired) electrons. The van der Waals surface area contributed by atoms with E-state index in [0.717, 1.165) is 10.5 Å². The van der Waals surface area contributed by atoms with Gasteiger partial charge in [-0.3, -0.25) is 0 Å². The molecule has 0 saturated heterocycles. The second-order valence-corrected chi connectivity index (χ2v) is 6.89. The molecule has 0 unspecified atom stereocenters. The van der Waals surface area contributed by atoms with Crippen LogP contribution in [0.3, 0.4) is 0 Å². The highest BCUT2D eigenvalue weighted by Gasteiger charge is 2.16. The summed E-state index contributed by atoms with van der Waals surface area (Å²) in [5.74, 6) is 0.127. The first kappa shape index (κ1) is 17.4. The van der Waals surface area contributed by atoms with Gasteiger partial charge in [0.1, 0.15) is 5.75 Å². The van der Waals surface area contributed by atoms with Gasteiger partial charge in [0.2, 0.25) is 0 Å². The molecule has 2 N–H and O–H groups in total. The van der Waals surface area contributed by atoms with Gasteiger partial charge < -0.3 is 14.5 Å². The van der Waals surface area contributed by atoms with Crippen LogP contribution in [0.15, 0.2) is 77.7 Å². The van der Waals surface area contributed by atoms with Crippen LogP contribution < -0.4 is 4.31 Å². The summed E-state index contributed by atoms with van der Waals surface area (Å²) < 4.78 is 2.06. The zero-order valence-corrected chi connectivity index (χ0v) is 14.9. The number of anilines is 1. The predicted octanol–water partition coefficient (Wildman–Crippen LogP) is 4.91. The third-order valence-electron chi connectivity index (χ3n) is 4.01. The lowest BCUT2D eigenvalue weighted by molar-refractivity contribution is 0.275. The van der Waals surface area contributed by atoms with E-state index in [1.54, 1.807) is 18.0 Å². The lowest BCUT2D eigenvalue weighted by atomic mass is 10.1. The van der Waals surface area contributed by atoms with Gasteiger partial charge in [-0.2, -0.15) is 0 Å². The number of aliphatic hydroxyl groups is 1. The predicted molar refractivity (Wildman–Crippen MR) is 104 cm³/mol. The van der Waals surface area contributed by atoms with Crippen molar-refractivity contribution in [1.29, 1.82) is 0 Å². The van der Waals surface area contributed by atoms with Crippen LogP contribution in [-0.2, 0) is 13.2 Å². The van der Waals surface area contributed by atoms with Crippen molar-refractivity contribution in [3.8, 4) is 5.75 Å². The number of hydrogen-bond acceptors (Lipinski definition) is 4. The van der Waals surface area contributed by atoms with Crippen LogP contribution in [0, 0.1) is 6.92 Å². The molecule has 0 atom stereocenters. The summed E-state index contributed by atoms with van der Waals surface area (Å²) in [6.45, 7) is 2.53. The number of aryl methyl sites for hydroxylation is 1. The first-order valence-corrected chi connectivity index (χ1v) is 8.93. The molecule has 0 saturated carbocycles. The molecule has 0 aliphatic carbocycles. The number of para-hydroxylation sites is 1. The number of aliphatic hydroxyl groups excluding tert-OH is 1. The van der Waals surface area contributed by atoms with Crippen molar-refractivity contribution < 1.29 is 10.2 Å². The second-order valence-electron chi connectivity index (χ2n) is 5.82. The van der Waals surface area contributed by atoms with Gasteiger partial charge in [0, 0.05) is 10.5 Å². The molecule has 3 rings (SSSR count). The molecular formula is C21H21NO2S. The first-order chi connectivity index (χ1) is 12.2. The van der Waals surface area contributed by atoms with E-state index in [1.165, 1.54) is 5.56 Å². The van der Waals surface area contributed by atoms with Crippen LogP contribution in [0.4, 0.5) is 5.69 Å². The van der Waals surface area contributed by atoms with Crippen LogP contribution >= 0.6 is 11.9 Å². The molecule has 0 aromatic heterocycles. The molecule has 3 aromatic rings. The Morgan fingerprint density at radius 3 is 2.32 bits per heavy atom. The molecule has 25 heavy (non-hydrogen) atoms. The van der Waals surface area contributed by atoms with E-state index in [1.807, 2.05) is 42.5 Å². The van der Waals surface area contributed by atoms with Crippen LogP contribution in [0.1, 0.15) is 16.7 Å². The Kier molecular flexibility index (Phi) is 5.64. The maximum Gasteiger partial charge on any atom is 0.145 e. The Hall–Kier alpha value is -2.43. The van der Waals surface area contributed by atoms with Crippen LogP contribution in [0.2, 0.25) is 0 Å². The van der Waals surface area contributed by atoms with E-state index < -0.39 is 0 Å². The number of rotatable bonds is 6. The highest BCUT2D eigenvalue weighted by atomic mass is 32.2. The molecule has 128 valence electrons. The zero-order chi connectivity index (χ0) is 17.6. The van der Waals surface area contributed by atoms with Crippen molar-refractivity contribution in [2.24, 2.45) is 0 Å². The lowest BCUT2D eigenvalue weighted by Crippen LogP contribution is -2.14. The standard InChI is InChI=1S/C21H21NO2S/c1-16-8-5-6-13-20(16)25-22(14-17-9-3-2-4-10-17)19-12-7-11-18(15-23)21(19)24/h2-13,23-24H,14-15H2,1H3. The van der Waals surface area contributed by atoms with Crippen molar-refractivity contribution in [1.82, 2.24) is 0 Å². The van der Waals surface area contributed by atoms with Gasteiger partial charge in [0.15, 0.2) is 0 Å². The Morgan fingerprint density at radius 2 is 1.60 bits per heavy atom. The third-order valence-corrected chi connectivity index (χ3v) is 5.21. The van der Waals surface area contributed by atoms with Crippen LogP contribution in [0.25, 0.3) is 0 Å². The van der Waals surface area contributed by atoms with E-state index >= 15 is 0 Å². The van der Waals surface area contributed by atoms with Crippen molar-refractivity contribution in [3.05, 3.63) is 89.5 Å². The average Bonchev–Trinajstić information content (AvgIpc) is 2.64. The van der Waals surface area contributed by atoms with Gasteiger partial charge in [-0.15, -0.1) is 0 Å². The van der Waals surface area contributed by atoms with Crippen molar-refractivity contribution in [3.63, 3.8) is 0 Å². The maximum atomic E-state index is 10.6. The van der Waals surface area contributed by atoms with E-state index in [0.29, 0.717) is 17.8 Å². The van der Waals surface area contributed by atoms with Crippen molar-refractivity contribution in [2.45, 2.75) is 25.0 Å². The molecule has 0 fully saturated rings. The zero-order valence-electron chi connectivity index (χ0n) is 14.1. The van der Waals surface area contributed by atoms with Crippen LogP contribution in [0.5, 0.6) is 5.75 Å². The summed E-state index contributed by atoms with van der Waals surface area (Å²) >= 11 is 1.59. The molecule has 4 heteroatoms. The first-order valence-electron chi connectivity index (χ1n) is 8.16. The molecular weight excluding hydrogens is 330 g/mol. The number of benzene rings is 3. The van der Waals surface area contributed by atoms with E-state index in [4.69, 9.17) is 0 Å². The van der Waals surface area contributed by atoms with Gasteiger partial charge in [-0.1, -0.05) is 60.7 Å². The highest BCUT2D eigenvalue weighted by Crippen LogP contribution is 2.39. The summed E-state index contributed by atoms with van der Waals surface area (Å²) in [6, 6.07) is 23.8. The number of phenols is 1. The average molecular weight is 351 g/mol. The van der Waals surface area contributed by atoms with E-state index in [9.17, 15) is 10.2 Å². The smallest absolute Gasteiger partial charge is 0.145 e. The Labute approximate surface area is 152 Å². The highest BCUT2D eigenvalue weighted by molar-refractivity contribution is 8.00. The normalized spacial score (nSPS) is 10.6. The molecule has 0 aliphatic heterocycles.